The molecular weight excluding hydrogens is 323 g/mol. The molecule has 0 spiro atoms. The zero-order valence-corrected chi connectivity index (χ0v) is 11.0. The zero-order valence-electron chi connectivity index (χ0n) is 9.38. The van der Waals surface area contributed by atoms with Gasteiger partial charge in [-0.2, -0.15) is 0 Å². The molecule has 0 heterocycles. The van der Waals surface area contributed by atoms with Gasteiger partial charge < -0.3 is 5.32 Å². The van der Waals surface area contributed by atoms with E-state index < -0.39 is 23.4 Å². The van der Waals surface area contributed by atoms with Gasteiger partial charge in [-0.15, -0.1) is 0 Å². The molecule has 1 N–H and O–H groups in total. The number of hydrogen-bond acceptors (Lipinski definition) is 1. The highest BCUT2D eigenvalue weighted by molar-refractivity contribution is 9.10. The summed E-state index contributed by atoms with van der Waals surface area (Å²) in [5, 5.41) is 2.32. The van der Waals surface area contributed by atoms with E-state index in [0.717, 1.165) is 18.2 Å². The Morgan fingerprint density at radius 1 is 1.00 bits per heavy atom. The van der Waals surface area contributed by atoms with Crippen LogP contribution in [0.5, 0.6) is 0 Å². The molecular formula is C13H7BrF3NO. The van der Waals surface area contributed by atoms with Crippen LogP contribution >= 0.6 is 15.9 Å². The number of hydrogen-bond donors (Lipinski definition) is 1. The van der Waals surface area contributed by atoms with Crippen LogP contribution in [0.15, 0.2) is 40.9 Å². The molecule has 2 aromatic rings. The predicted molar refractivity (Wildman–Crippen MR) is 68.4 cm³/mol. The molecule has 0 radical (unpaired) electrons. The average molecular weight is 330 g/mol. The minimum atomic E-state index is -0.977. The maximum atomic E-state index is 13.4. The third kappa shape index (κ3) is 3.14. The lowest BCUT2D eigenvalue weighted by Gasteiger charge is -2.06. The number of carbonyl (C=O) groups excluding carboxylic acids is 1. The summed E-state index contributed by atoms with van der Waals surface area (Å²) in [6, 6.07) is 6.55. The van der Waals surface area contributed by atoms with Crippen LogP contribution < -0.4 is 5.32 Å². The van der Waals surface area contributed by atoms with E-state index in [-0.39, 0.29) is 15.7 Å². The summed E-state index contributed by atoms with van der Waals surface area (Å²) in [4.78, 5) is 11.7. The number of benzene rings is 2. The molecule has 2 rings (SSSR count). The van der Waals surface area contributed by atoms with Crippen LogP contribution in [0, 0.1) is 17.5 Å². The molecule has 0 aliphatic heterocycles. The van der Waals surface area contributed by atoms with E-state index in [9.17, 15) is 18.0 Å². The highest BCUT2D eigenvalue weighted by Gasteiger charge is 2.13. The normalized spacial score (nSPS) is 10.3. The van der Waals surface area contributed by atoms with Crippen LogP contribution in [0.1, 0.15) is 10.4 Å². The lowest BCUT2D eigenvalue weighted by atomic mass is 10.2. The van der Waals surface area contributed by atoms with E-state index in [2.05, 4.69) is 21.2 Å². The van der Waals surface area contributed by atoms with E-state index in [1.54, 1.807) is 0 Å². The fourth-order valence-electron chi connectivity index (χ4n) is 1.45. The number of nitrogens with one attached hydrogen (secondary N) is 1. The van der Waals surface area contributed by atoms with E-state index in [1.807, 2.05) is 0 Å². The van der Waals surface area contributed by atoms with Crippen LogP contribution in [0.2, 0.25) is 0 Å². The summed E-state index contributed by atoms with van der Waals surface area (Å²) in [6.45, 7) is 0. The fraction of sp³-hybridized carbons (Fsp3) is 0. The minimum absolute atomic E-state index is 0.175. The number of halogens is 4. The molecule has 98 valence electrons. The lowest BCUT2D eigenvalue weighted by molar-refractivity contribution is 0.102. The van der Waals surface area contributed by atoms with Crippen molar-refractivity contribution in [3.05, 3.63) is 63.9 Å². The van der Waals surface area contributed by atoms with Crippen molar-refractivity contribution in [3.63, 3.8) is 0 Å². The Balaban J connectivity index is 2.23. The monoisotopic (exact) mass is 329 g/mol. The highest BCUT2D eigenvalue weighted by Crippen LogP contribution is 2.20. The van der Waals surface area contributed by atoms with Gasteiger partial charge in [0, 0.05) is 11.8 Å². The zero-order chi connectivity index (χ0) is 14.0. The Morgan fingerprint density at radius 3 is 2.37 bits per heavy atom. The van der Waals surface area contributed by atoms with Gasteiger partial charge in [-0.05, 0) is 46.3 Å². The van der Waals surface area contributed by atoms with Gasteiger partial charge in [0.2, 0.25) is 0 Å². The topological polar surface area (TPSA) is 29.1 Å². The molecule has 1 amide bonds. The van der Waals surface area contributed by atoms with Crippen molar-refractivity contribution in [2.75, 3.05) is 5.32 Å². The molecule has 0 saturated carbocycles. The Hall–Kier alpha value is -1.82. The second-order valence-electron chi connectivity index (χ2n) is 3.71. The van der Waals surface area contributed by atoms with Crippen LogP contribution in [-0.2, 0) is 0 Å². The third-order valence-corrected chi connectivity index (χ3v) is 3.00. The first-order valence-electron chi connectivity index (χ1n) is 5.19. The molecule has 0 fully saturated rings. The predicted octanol–water partition coefficient (Wildman–Crippen LogP) is 4.12. The standard InChI is InChI=1S/C13H7BrF3NO/c14-10-4-2-8(6-12(10)17)18-13(19)9-3-1-7(15)5-11(9)16/h1-6H,(H,18,19). The Labute approximate surface area is 115 Å². The van der Waals surface area contributed by atoms with Gasteiger partial charge >= 0.3 is 0 Å². The van der Waals surface area contributed by atoms with E-state index >= 15 is 0 Å². The van der Waals surface area contributed by atoms with E-state index in [0.29, 0.717) is 6.07 Å². The molecule has 0 aliphatic rings. The lowest BCUT2D eigenvalue weighted by Crippen LogP contribution is -2.14. The van der Waals surface area contributed by atoms with Crippen LogP contribution in [0.4, 0.5) is 18.9 Å². The van der Waals surface area contributed by atoms with Crippen LogP contribution in [0.3, 0.4) is 0 Å². The molecule has 6 heteroatoms. The molecule has 0 aromatic heterocycles. The largest absolute Gasteiger partial charge is 0.322 e. The minimum Gasteiger partial charge on any atom is -0.322 e. The Bertz CT molecular complexity index is 646. The second kappa shape index (κ2) is 5.44. The van der Waals surface area contributed by atoms with E-state index in [1.165, 1.54) is 12.1 Å². The molecule has 19 heavy (non-hydrogen) atoms. The van der Waals surface area contributed by atoms with Gasteiger partial charge in [-0.1, -0.05) is 0 Å². The number of anilines is 1. The van der Waals surface area contributed by atoms with Crippen LogP contribution in [-0.4, -0.2) is 5.91 Å². The number of rotatable bonds is 2. The van der Waals surface area contributed by atoms with Crippen molar-refractivity contribution in [1.82, 2.24) is 0 Å². The Morgan fingerprint density at radius 2 is 1.74 bits per heavy atom. The summed E-state index contributed by atoms with van der Waals surface area (Å²) in [5.74, 6) is -3.09. The summed E-state index contributed by atoms with van der Waals surface area (Å²) < 4.78 is 39.6. The van der Waals surface area contributed by atoms with Crippen molar-refractivity contribution in [2.24, 2.45) is 0 Å². The molecule has 2 aromatic carbocycles. The van der Waals surface area contributed by atoms with Gasteiger partial charge in [0.25, 0.3) is 5.91 Å². The van der Waals surface area contributed by atoms with Crippen molar-refractivity contribution in [2.45, 2.75) is 0 Å². The van der Waals surface area contributed by atoms with Crippen molar-refractivity contribution in [3.8, 4) is 0 Å². The van der Waals surface area contributed by atoms with Crippen molar-refractivity contribution < 1.29 is 18.0 Å². The smallest absolute Gasteiger partial charge is 0.258 e. The SMILES string of the molecule is O=C(Nc1ccc(Br)c(F)c1)c1ccc(F)cc1F. The third-order valence-electron chi connectivity index (χ3n) is 2.35. The number of carbonyl (C=O) groups is 1. The molecule has 0 aliphatic carbocycles. The van der Waals surface area contributed by atoms with Crippen LogP contribution in [0.25, 0.3) is 0 Å². The Kier molecular flexibility index (Phi) is 3.90. The summed E-state index contributed by atoms with van der Waals surface area (Å²) in [7, 11) is 0. The van der Waals surface area contributed by atoms with Crippen molar-refractivity contribution in [1.29, 1.82) is 0 Å². The van der Waals surface area contributed by atoms with Gasteiger partial charge in [-0.3, -0.25) is 4.79 Å². The average Bonchev–Trinajstić information content (AvgIpc) is 2.33. The van der Waals surface area contributed by atoms with Gasteiger partial charge in [0.1, 0.15) is 17.5 Å². The molecule has 0 bridgehead atoms. The maximum absolute atomic E-state index is 13.4. The quantitative estimate of drug-likeness (QED) is 0.882. The highest BCUT2D eigenvalue weighted by atomic mass is 79.9. The molecule has 0 saturated heterocycles. The first-order chi connectivity index (χ1) is 8.97. The summed E-state index contributed by atoms with van der Waals surface area (Å²) in [6.07, 6.45) is 0. The van der Waals surface area contributed by atoms with E-state index in [4.69, 9.17) is 0 Å². The number of amides is 1. The molecule has 0 atom stereocenters. The van der Waals surface area contributed by atoms with Gasteiger partial charge in [0.05, 0.1) is 10.0 Å². The molecule has 2 nitrogen and oxygen atoms in total. The summed E-state index contributed by atoms with van der Waals surface area (Å²) in [5.41, 5.74) is -0.140. The fourth-order valence-corrected chi connectivity index (χ4v) is 1.69. The summed E-state index contributed by atoms with van der Waals surface area (Å²) >= 11 is 2.97. The second-order valence-corrected chi connectivity index (χ2v) is 4.56. The van der Waals surface area contributed by atoms with Gasteiger partial charge in [-0.25, -0.2) is 13.2 Å². The molecule has 0 unspecified atom stereocenters. The van der Waals surface area contributed by atoms with Crippen molar-refractivity contribution >= 4 is 27.5 Å². The van der Waals surface area contributed by atoms with Gasteiger partial charge in [0.15, 0.2) is 0 Å². The first-order valence-corrected chi connectivity index (χ1v) is 5.98. The first kappa shape index (κ1) is 13.6. The maximum Gasteiger partial charge on any atom is 0.258 e.